The van der Waals surface area contributed by atoms with Crippen LogP contribution in [0, 0.1) is 5.92 Å². The first kappa shape index (κ1) is 11.2. The van der Waals surface area contributed by atoms with Crippen LogP contribution in [0.1, 0.15) is 12.1 Å². The topological polar surface area (TPSA) is 63.6 Å². The second kappa shape index (κ2) is 5.18. The van der Waals surface area contributed by atoms with Crippen molar-refractivity contribution in [2.75, 3.05) is 13.1 Å². The van der Waals surface area contributed by atoms with Gasteiger partial charge in [0, 0.05) is 18.0 Å². The van der Waals surface area contributed by atoms with Gasteiger partial charge in [-0.2, -0.15) is 10.2 Å². The average Bonchev–Trinajstić information content (AvgIpc) is 2.94. The van der Waals surface area contributed by atoms with E-state index in [1.807, 2.05) is 12.1 Å². The molecule has 1 aliphatic heterocycles. The van der Waals surface area contributed by atoms with Crippen LogP contribution in [0.25, 0.3) is 11.3 Å². The highest BCUT2D eigenvalue weighted by Crippen LogP contribution is 2.16. The number of nitrogens with zero attached hydrogens (tertiary/aromatic N) is 4. The predicted octanol–water partition coefficient (Wildman–Crippen LogP) is 1.09. The minimum atomic E-state index is 0.699. The third-order valence-electron chi connectivity index (χ3n) is 3.24. The summed E-state index contributed by atoms with van der Waals surface area (Å²) in [6.07, 6.45) is 7.25. The number of nitrogens with one attached hydrogen (secondary N) is 1. The lowest BCUT2D eigenvalue weighted by molar-refractivity contribution is 0.567. The molecule has 3 heterocycles. The number of hydrogen-bond acceptors (Lipinski definition) is 5. The highest BCUT2D eigenvalue weighted by molar-refractivity contribution is 5.55. The van der Waals surface area contributed by atoms with Crippen LogP contribution < -0.4 is 5.32 Å². The Labute approximate surface area is 106 Å². The fourth-order valence-corrected chi connectivity index (χ4v) is 2.24. The highest BCUT2D eigenvalue weighted by atomic mass is 15.1. The summed E-state index contributed by atoms with van der Waals surface area (Å²) in [4.78, 5) is 7.96. The summed E-state index contributed by atoms with van der Waals surface area (Å²) < 4.78 is 0. The molecule has 1 fully saturated rings. The number of aromatic nitrogens is 4. The summed E-state index contributed by atoms with van der Waals surface area (Å²) in [6.45, 7) is 2.22. The fraction of sp³-hybridized carbons (Fsp3) is 0.385. The molecule has 0 saturated carbocycles. The largest absolute Gasteiger partial charge is 0.316 e. The Bertz CT molecular complexity index is 491. The van der Waals surface area contributed by atoms with Crippen molar-refractivity contribution in [3.05, 3.63) is 36.5 Å². The lowest BCUT2D eigenvalue weighted by atomic mass is 10.0. The summed E-state index contributed by atoms with van der Waals surface area (Å²) in [5, 5.41) is 11.9. The van der Waals surface area contributed by atoms with Gasteiger partial charge < -0.3 is 5.32 Å². The normalized spacial score (nSPS) is 19.0. The SMILES string of the molecule is c1ncc(-c2ccc(CC3CCNC3)nn2)cn1. The Morgan fingerprint density at radius 3 is 2.72 bits per heavy atom. The third kappa shape index (κ3) is 2.51. The standard InChI is InChI=1S/C13H15N5/c1-2-13(11-7-15-9-16-8-11)18-17-12(1)5-10-3-4-14-6-10/h1-2,7-10,14H,3-6H2. The van der Waals surface area contributed by atoms with Gasteiger partial charge in [-0.1, -0.05) is 0 Å². The smallest absolute Gasteiger partial charge is 0.115 e. The third-order valence-corrected chi connectivity index (χ3v) is 3.24. The van der Waals surface area contributed by atoms with E-state index in [0.29, 0.717) is 5.92 Å². The Morgan fingerprint density at radius 2 is 2.06 bits per heavy atom. The lowest BCUT2D eigenvalue weighted by Gasteiger charge is -2.07. The van der Waals surface area contributed by atoms with Gasteiger partial charge in [0.25, 0.3) is 0 Å². The van der Waals surface area contributed by atoms with E-state index in [9.17, 15) is 0 Å². The molecule has 0 aromatic carbocycles. The van der Waals surface area contributed by atoms with Gasteiger partial charge in [0.1, 0.15) is 6.33 Å². The summed E-state index contributed by atoms with van der Waals surface area (Å²) in [7, 11) is 0. The Hall–Kier alpha value is -1.88. The maximum atomic E-state index is 4.29. The number of hydrogen-bond donors (Lipinski definition) is 1. The summed E-state index contributed by atoms with van der Waals surface area (Å²) >= 11 is 0. The van der Waals surface area contributed by atoms with E-state index in [1.165, 1.54) is 12.7 Å². The first-order valence-corrected chi connectivity index (χ1v) is 6.20. The van der Waals surface area contributed by atoms with Crippen molar-refractivity contribution in [3.63, 3.8) is 0 Å². The van der Waals surface area contributed by atoms with Gasteiger partial charge in [-0.15, -0.1) is 0 Å². The fourth-order valence-electron chi connectivity index (χ4n) is 2.24. The minimum Gasteiger partial charge on any atom is -0.316 e. The van der Waals surface area contributed by atoms with Gasteiger partial charge in [0.15, 0.2) is 0 Å². The first-order chi connectivity index (χ1) is 8.92. The molecule has 1 unspecified atom stereocenters. The zero-order valence-corrected chi connectivity index (χ0v) is 10.1. The van der Waals surface area contributed by atoms with Crippen molar-refractivity contribution >= 4 is 0 Å². The van der Waals surface area contributed by atoms with Crippen LogP contribution in [0.15, 0.2) is 30.9 Å². The lowest BCUT2D eigenvalue weighted by Crippen LogP contribution is -2.11. The van der Waals surface area contributed by atoms with Crippen molar-refractivity contribution in [3.8, 4) is 11.3 Å². The van der Waals surface area contributed by atoms with E-state index >= 15 is 0 Å². The van der Waals surface area contributed by atoms with E-state index in [2.05, 4.69) is 25.5 Å². The molecule has 0 spiro atoms. The minimum absolute atomic E-state index is 0.699. The van der Waals surface area contributed by atoms with Gasteiger partial charge in [0.2, 0.25) is 0 Å². The first-order valence-electron chi connectivity index (χ1n) is 6.20. The van der Waals surface area contributed by atoms with Crippen molar-refractivity contribution in [2.45, 2.75) is 12.8 Å². The molecule has 92 valence electrons. The molecule has 2 aromatic heterocycles. The van der Waals surface area contributed by atoms with Crippen LogP contribution in [0.2, 0.25) is 0 Å². The molecule has 1 saturated heterocycles. The Kier molecular flexibility index (Phi) is 3.23. The molecule has 2 aromatic rings. The Balaban J connectivity index is 1.72. The number of rotatable bonds is 3. The molecule has 0 radical (unpaired) electrons. The second-order valence-electron chi connectivity index (χ2n) is 4.60. The van der Waals surface area contributed by atoms with Gasteiger partial charge >= 0.3 is 0 Å². The zero-order valence-electron chi connectivity index (χ0n) is 10.1. The molecule has 0 bridgehead atoms. The van der Waals surface area contributed by atoms with Crippen molar-refractivity contribution in [2.24, 2.45) is 5.92 Å². The zero-order chi connectivity index (χ0) is 12.2. The van der Waals surface area contributed by atoms with Gasteiger partial charge in [-0.05, 0) is 44.0 Å². The van der Waals surface area contributed by atoms with Crippen LogP contribution in [-0.4, -0.2) is 33.3 Å². The molecule has 1 atom stereocenters. The van der Waals surface area contributed by atoms with Crippen LogP contribution >= 0.6 is 0 Å². The quantitative estimate of drug-likeness (QED) is 0.871. The van der Waals surface area contributed by atoms with Gasteiger partial charge in [-0.25, -0.2) is 9.97 Å². The maximum Gasteiger partial charge on any atom is 0.115 e. The second-order valence-corrected chi connectivity index (χ2v) is 4.60. The van der Waals surface area contributed by atoms with Crippen LogP contribution in [-0.2, 0) is 6.42 Å². The molecule has 3 rings (SSSR count). The molecular formula is C13H15N5. The van der Waals surface area contributed by atoms with Crippen molar-refractivity contribution < 1.29 is 0 Å². The van der Waals surface area contributed by atoms with E-state index in [-0.39, 0.29) is 0 Å². The van der Waals surface area contributed by atoms with E-state index in [1.54, 1.807) is 12.4 Å². The van der Waals surface area contributed by atoms with Crippen molar-refractivity contribution in [1.29, 1.82) is 0 Å². The molecule has 5 heteroatoms. The van der Waals surface area contributed by atoms with Crippen molar-refractivity contribution in [1.82, 2.24) is 25.5 Å². The highest BCUT2D eigenvalue weighted by Gasteiger charge is 2.15. The van der Waals surface area contributed by atoms with Gasteiger partial charge in [0.05, 0.1) is 11.4 Å². The van der Waals surface area contributed by atoms with Crippen LogP contribution in [0.3, 0.4) is 0 Å². The summed E-state index contributed by atoms with van der Waals surface area (Å²) in [5.41, 5.74) is 2.78. The van der Waals surface area contributed by atoms with E-state index in [0.717, 1.165) is 36.5 Å². The molecule has 1 N–H and O–H groups in total. The van der Waals surface area contributed by atoms with E-state index in [4.69, 9.17) is 0 Å². The molecule has 5 nitrogen and oxygen atoms in total. The van der Waals surface area contributed by atoms with Crippen LogP contribution in [0.4, 0.5) is 0 Å². The molecule has 0 aliphatic carbocycles. The molecular weight excluding hydrogens is 226 g/mol. The Morgan fingerprint density at radius 1 is 1.17 bits per heavy atom. The molecule has 0 amide bonds. The molecule has 18 heavy (non-hydrogen) atoms. The summed E-state index contributed by atoms with van der Waals surface area (Å²) in [6, 6.07) is 4.04. The maximum absolute atomic E-state index is 4.29. The predicted molar refractivity (Wildman–Crippen MR) is 67.7 cm³/mol. The molecule has 1 aliphatic rings. The van der Waals surface area contributed by atoms with Crippen LogP contribution in [0.5, 0.6) is 0 Å². The average molecular weight is 241 g/mol. The van der Waals surface area contributed by atoms with E-state index < -0.39 is 0 Å². The monoisotopic (exact) mass is 241 g/mol. The summed E-state index contributed by atoms with van der Waals surface area (Å²) in [5.74, 6) is 0.699. The van der Waals surface area contributed by atoms with Gasteiger partial charge in [-0.3, -0.25) is 0 Å².